The van der Waals surface area contributed by atoms with E-state index in [4.69, 9.17) is 11.6 Å². The van der Waals surface area contributed by atoms with E-state index in [0.717, 1.165) is 4.74 Å². The third-order valence-electron chi connectivity index (χ3n) is 0.532. The molecule has 0 aliphatic rings. The van der Waals surface area contributed by atoms with Crippen molar-refractivity contribution >= 4 is 27.0 Å². The molecular weight excluding hydrogens is 112 g/mol. The van der Waals surface area contributed by atoms with E-state index in [1.165, 1.54) is 0 Å². The molecule has 0 aromatic carbocycles. The van der Waals surface area contributed by atoms with Crippen LogP contribution in [0.2, 0.25) is 0 Å². The fourth-order valence-corrected chi connectivity index (χ4v) is 1.52. The van der Waals surface area contributed by atoms with Crippen LogP contribution < -0.4 is 0 Å². The van der Waals surface area contributed by atoms with Crippen LogP contribution >= 0.6 is 11.6 Å². The van der Waals surface area contributed by atoms with Gasteiger partial charge in [0, 0.05) is 0 Å². The van der Waals surface area contributed by atoms with Crippen molar-refractivity contribution in [2.45, 2.75) is 0 Å². The Morgan fingerprint density at radius 2 is 2.17 bits per heavy atom. The molecule has 0 fully saturated rings. The van der Waals surface area contributed by atoms with Crippen molar-refractivity contribution in [1.82, 2.24) is 3.88 Å². The van der Waals surface area contributed by atoms with Crippen LogP contribution in [-0.2, 0) is 0 Å². The van der Waals surface area contributed by atoms with Gasteiger partial charge in [0.05, 0.1) is 0 Å². The Balaban J connectivity index is 2.63. The molecule has 0 aliphatic carbocycles. The maximum Gasteiger partial charge on any atom is 0.363 e. The second kappa shape index (κ2) is 3.96. The van der Waals surface area contributed by atoms with Crippen LogP contribution in [-0.4, -0.2) is 38.2 Å². The number of nitrogens with zero attached hydrogens (tertiary/aromatic N) is 1. The molecule has 0 unspecified atom stereocenters. The molecule has 3 heteroatoms. The van der Waals surface area contributed by atoms with Gasteiger partial charge >= 0.3 is 15.4 Å². The normalized spacial score (nSPS) is 9.33. The summed E-state index contributed by atoms with van der Waals surface area (Å²) >= 11 is 5.37. The first-order chi connectivity index (χ1) is 2.77. The van der Waals surface area contributed by atoms with Gasteiger partial charge in [0.15, 0.2) is 0 Å². The predicted octanol–water partition coefficient (Wildman–Crippen LogP) is 0.0958. The van der Waals surface area contributed by atoms with Crippen LogP contribution in [0.4, 0.5) is 0 Å². The van der Waals surface area contributed by atoms with Crippen molar-refractivity contribution in [3.05, 3.63) is 0 Å². The van der Waals surface area contributed by atoms with Crippen LogP contribution in [0.3, 0.4) is 0 Å². The van der Waals surface area contributed by atoms with Gasteiger partial charge in [-0.15, -0.1) is 11.6 Å². The minimum Gasteiger partial charge on any atom is -0.392 e. The fraction of sp³-hybridized carbons (Fsp3) is 1.00. The first kappa shape index (κ1) is 6.78. The third kappa shape index (κ3) is 4.78. The molecule has 0 spiro atoms. The molecule has 0 N–H and O–H groups in total. The quantitative estimate of drug-likeness (QED) is 0.370. The average molecular weight is 122 g/mol. The van der Waals surface area contributed by atoms with Crippen LogP contribution in [0, 0.1) is 0 Å². The number of rotatable bonds is 2. The average Bonchev–Trinajstić information content (AvgIpc) is 1.35. The molecule has 6 heavy (non-hydrogen) atoms. The Morgan fingerprint density at radius 3 is 2.17 bits per heavy atom. The molecule has 0 rings (SSSR count). The highest BCUT2D eigenvalue weighted by Crippen LogP contribution is 1.71. The zero-order chi connectivity index (χ0) is 4.99. The maximum atomic E-state index is 5.42. The van der Waals surface area contributed by atoms with Crippen molar-refractivity contribution in [1.29, 1.82) is 0 Å². The van der Waals surface area contributed by atoms with Gasteiger partial charge in [-0.3, -0.25) is 0 Å². The predicted molar refractivity (Wildman–Crippen MR) is 31.6 cm³/mol. The molecule has 0 atom stereocenters. The minimum absolute atomic E-state index is 0.0448. The second-order valence-electron chi connectivity index (χ2n) is 1.49. The summed E-state index contributed by atoms with van der Waals surface area (Å²) in [6.07, 6.45) is 0. The van der Waals surface area contributed by atoms with Crippen molar-refractivity contribution in [3.63, 3.8) is 0 Å². The Bertz CT molecular complexity index is 32.0. The Kier molecular flexibility index (Phi) is 4.47. The number of hydrogen-bond acceptors (Lipinski definition) is 1. The van der Waals surface area contributed by atoms with Gasteiger partial charge in [0.2, 0.25) is 0 Å². The fourth-order valence-electron chi connectivity index (χ4n) is 0.169. The zero-order valence-electron chi connectivity index (χ0n) is 4.24. The van der Waals surface area contributed by atoms with E-state index in [1.807, 2.05) is 0 Å². The molecule has 0 bridgehead atoms. The summed E-state index contributed by atoms with van der Waals surface area (Å²) in [6, 6.07) is 0. The van der Waals surface area contributed by atoms with Crippen molar-refractivity contribution in [3.8, 4) is 0 Å². The summed E-state index contributed by atoms with van der Waals surface area (Å²) in [6.45, 7) is 0. The highest BCUT2D eigenvalue weighted by molar-refractivity contribution is 6.47. The lowest BCUT2D eigenvalue weighted by atomic mass is 11.3. The van der Waals surface area contributed by atoms with E-state index in [0.29, 0.717) is 0 Å². The van der Waals surface area contributed by atoms with Gasteiger partial charge in [0.1, 0.15) is 0 Å². The Morgan fingerprint density at radius 1 is 1.67 bits per heavy atom. The molecule has 0 amide bonds. The molecule has 0 aliphatic heterocycles. The lowest BCUT2D eigenvalue weighted by Crippen LogP contribution is -2.18. The summed E-state index contributed by atoms with van der Waals surface area (Å²) in [5.74, 6) is 0. The Hall–Kier alpha value is 0.782. The second-order valence-corrected chi connectivity index (χ2v) is 4.72. The van der Waals surface area contributed by atoms with Crippen molar-refractivity contribution in [2.24, 2.45) is 0 Å². The van der Waals surface area contributed by atoms with Crippen LogP contribution in [0.5, 0.6) is 0 Å². The summed E-state index contributed by atoms with van der Waals surface area (Å²) in [5, 5.41) is 0. The summed E-state index contributed by atoms with van der Waals surface area (Å²) in [7, 11) is 4.13. The number of alkyl halides is 1. The molecule has 0 aromatic heterocycles. The summed E-state index contributed by atoms with van der Waals surface area (Å²) in [4.78, 5) is 0. The van der Waals surface area contributed by atoms with Crippen molar-refractivity contribution in [2.75, 3.05) is 18.8 Å². The first-order valence-electron chi connectivity index (χ1n) is 1.98. The van der Waals surface area contributed by atoms with Gasteiger partial charge in [-0.05, 0) is 18.8 Å². The molecule has 1 nitrogen and oxygen atoms in total. The lowest BCUT2D eigenvalue weighted by molar-refractivity contribution is 0.664. The highest BCUT2D eigenvalue weighted by atomic mass is 35.5. The monoisotopic (exact) mass is 121 g/mol. The largest absolute Gasteiger partial charge is 0.392 e. The van der Waals surface area contributed by atoms with Crippen LogP contribution in [0.15, 0.2) is 0 Å². The topological polar surface area (TPSA) is 3.24 Å². The zero-order valence-corrected chi connectivity index (χ0v) is 6.41. The van der Waals surface area contributed by atoms with Gasteiger partial charge in [-0.1, -0.05) is 0 Å². The number of hydrogen-bond donors (Lipinski definition) is 0. The van der Waals surface area contributed by atoms with Gasteiger partial charge in [0.25, 0.3) is 0 Å². The highest BCUT2D eigenvalue weighted by Gasteiger charge is 1.89. The number of halogens is 1. The third-order valence-corrected chi connectivity index (χ3v) is 2.10. The summed E-state index contributed by atoms with van der Waals surface area (Å²) in [5.41, 5.74) is 0. The Labute approximate surface area is 50.2 Å². The van der Waals surface area contributed by atoms with E-state index >= 15 is 0 Å². The molecule has 0 aromatic rings. The smallest absolute Gasteiger partial charge is 0.363 e. The van der Waals surface area contributed by atoms with E-state index < -0.39 is 0 Å². The molecule has 0 heterocycles. The molecule has 0 radical (unpaired) electrons. The van der Waals surface area contributed by atoms with Gasteiger partial charge < -0.3 is 3.88 Å². The maximum absolute atomic E-state index is 5.42. The summed E-state index contributed by atoms with van der Waals surface area (Å²) < 4.78 is 3.06. The van der Waals surface area contributed by atoms with E-state index in [9.17, 15) is 0 Å². The van der Waals surface area contributed by atoms with E-state index in [2.05, 4.69) is 18.0 Å². The standard InChI is InChI=1S/C2H6N.CH2Cl.Al.H/c1-3-2;1-2;;/h1-2H3;1H2;;/q-1;;+1;. The molecule has 0 saturated heterocycles. The molecule has 0 saturated carbocycles. The molecule has 36 valence electrons. The van der Waals surface area contributed by atoms with E-state index in [1.54, 1.807) is 0 Å². The SMILES string of the molecule is C[N](C)[AlH][CH2]Cl. The molecular formula is C3H9AlClN. The van der Waals surface area contributed by atoms with Gasteiger partial charge in [-0.2, -0.15) is 0 Å². The minimum atomic E-state index is -0.0448. The van der Waals surface area contributed by atoms with Crippen LogP contribution in [0.1, 0.15) is 0 Å². The van der Waals surface area contributed by atoms with Crippen molar-refractivity contribution < 1.29 is 0 Å². The van der Waals surface area contributed by atoms with E-state index in [-0.39, 0.29) is 15.4 Å². The van der Waals surface area contributed by atoms with Crippen LogP contribution in [0.25, 0.3) is 0 Å². The lowest BCUT2D eigenvalue weighted by Gasteiger charge is -2.00. The first-order valence-corrected chi connectivity index (χ1v) is 4.14. The van der Waals surface area contributed by atoms with Gasteiger partial charge in [-0.25, -0.2) is 0 Å².